The number of ketones is 1. The Morgan fingerprint density at radius 3 is 2.56 bits per heavy atom. The molecule has 2 heteroatoms. The van der Waals surface area contributed by atoms with Crippen LogP contribution in [0.15, 0.2) is 11.6 Å². The van der Waals surface area contributed by atoms with Crippen LogP contribution in [0.1, 0.15) is 85.5 Å². The molecule has 2 nitrogen and oxygen atoms in total. The number of carbonyl (C=O) groups excluding carboxylic acids is 1. The van der Waals surface area contributed by atoms with Gasteiger partial charge in [-0.2, -0.15) is 0 Å². The quantitative estimate of drug-likeness (QED) is 0.691. The fourth-order valence-corrected chi connectivity index (χ4v) is 7.76. The highest BCUT2D eigenvalue weighted by atomic mass is 16.3. The minimum atomic E-state index is -0.123. The molecule has 0 aromatic rings. The average Bonchev–Trinajstić information content (AvgIpc) is 2.87. The van der Waals surface area contributed by atoms with Crippen LogP contribution in [0, 0.1) is 34.0 Å². The molecule has 4 unspecified atom stereocenters. The molecule has 0 aromatic carbocycles. The molecule has 3 fully saturated rings. The first-order chi connectivity index (χ1) is 11.8. The van der Waals surface area contributed by atoms with Gasteiger partial charge in [0.1, 0.15) is 5.78 Å². The van der Waals surface area contributed by atoms with Crippen molar-refractivity contribution in [3.8, 4) is 0 Å². The molecule has 0 radical (unpaired) electrons. The van der Waals surface area contributed by atoms with E-state index in [2.05, 4.69) is 26.8 Å². The van der Waals surface area contributed by atoms with Crippen molar-refractivity contribution in [2.75, 3.05) is 0 Å². The predicted molar refractivity (Wildman–Crippen MR) is 101 cm³/mol. The summed E-state index contributed by atoms with van der Waals surface area (Å²) in [6, 6.07) is 0. The Kier molecular flexibility index (Phi) is 4.04. The lowest BCUT2D eigenvalue weighted by molar-refractivity contribution is -0.140. The summed E-state index contributed by atoms with van der Waals surface area (Å²) < 4.78 is 0. The second-order valence-electron chi connectivity index (χ2n) is 10.3. The molecule has 0 aliphatic heterocycles. The first-order valence-corrected chi connectivity index (χ1v) is 10.7. The molecule has 0 saturated heterocycles. The zero-order valence-electron chi connectivity index (χ0n) is 16.6. The van der Waals surface area contributed by atoms with Gasteiger partial charge in [-0.15, -0.1) is 0 Å². The average molecular weight is 345 g/mol. The SMILES string of the molecule is CCC(=O)[C@@]1(C)CCC2C3CC=C4C[C@@H](O)CC[C@]4(C)C3CCC21C. The standard InChI is InChI=1S/C23H36O2/c1-5-20(25)23(4)13-10-19-17-7-6-15-14-16(24)8-11-21(15,2)18(17)9-12-22(19,23)3/h6,16-19,24H,5,7-14H2,1-4H3/t16-,17?,18?,19?,21-,22?,23+/m0/s1. The summed E-state index contributed by atoms with van der Waals surface area (Å²) in [5.74, 6) is 2.70. The van der Waals surface area contributed by atoms with Crippen molar-refractivity contribution in [2.45, 2.75) is 91.6 Å². The van der Waals surface area contributed by atoms with Gasteiger partial charge in [-0.1, -0.05) is 39.3 Å². The number of allylic oxidation sites excluding steroid dienone is 1. The van der Waals surface area contributed by atoms with Crippen LogP contribution in [0.2, 0.25) is 0 Å². The maximum absolute atomic E-state index is 12.8. The Balaban J connectivity index is 1.68. The van der Waals surface area contributed by atoms with Gasteiger partial charge in [0.2, 0.25) is 0 Å². The molecule has 4 aliphatic carbocycles. The zero-order valence-corrected chi connectivity index (χ0v) is 16.6. The molecular weight excluding hydrogens is 308 g/mol. The molecule has 4 rings (SSSR count). The van der Waals surface area contributed by atoms with Gasteiger partial charge >= 0.3 is 0 Å². The van der Waals surface area contributed by atoms with Crippen molar-refractivity contribution < 1.29 is 9.90 Å². The Morgan fingerprint density at radius 1 is 1.12 bits per heavy atom. The summed E-state index contributed by atoms with van der Waals surface area (Å²) in [4.78, 5) is 12.8. The van der Waals surface area contributed by atoms with E-state index >= 15 is 0 Å². The van der Waals surface area contributed by atoms with E-state index in [1.807, 2.05) is 6.92 Å². The Hall–Kier alpha value is -0.630. The largest absolute Gasteiger partial charge is 0.393 e. The third-order valence-electron chi connectivity index (χ3n) is 9.62. The minimum Gasteiger partial charge on any atom is -0.393 e. The summed E-state index contributed by atoms with van der Waals surface area (Å²) >= 11 is 0. The number of rotatable bonds is 2. The van der Waals surface area contributed by atoms with Crippen molar-refractivity contribution in [1.82, 2.24) is 0 Å². The highest BCUT2D eigenvalue weighted by Crippen LogP contribution is 2.69. The predicted octanol–water partition coefficient (Wildman–Crippen LogP) is 5.30. The van der Waals surface area contributed by atoms with E-state index in [4.69, 9.17) is 0 Å². The third kappa shape index (κ3) is 2.22. The Bertz CT molecular complexity index is 607. The third-order valence-corrected chi connectivity index (χ3v) is 9.62. The number of aliphatic hydroxyl groups is 1. The van der Waals surface area contributed by atoms with Crippen LogP contribution in [-0.2, 0) is 4.79 Å². The second-order valence-corrected chi connectivity index (χ2v) is 10.3. The number of fused-ring (bicyclic) bond motifs is 5. The number of aliphatic hydroxyl groups excluding tert-OH is 1. The van der Waals surface area contributed by atoms with Crippen molar-refractivity contribution in [3.63, 3.8) is 0 Å². The van der Waals surface area contributed by atoms with E-state index in [0.717, 1.165) is 37.5 Å². The van der Waals surface area contributed by atoms with Crippen molar-refractivity contribution >= 4 is 5.78 Å². The smallest absolute Gasteiger partial charge is 0.139 e. The molecule has 0 spiro atoms. The van der Waals surface area contributed by atoms with E-state index in [-0.39, 0.29) is 16.9 Å². The van der Waals surface area contributed by atoms with Crippen LogP contribution >= 0.6 is 0 Å². The lowest BCUT2D eigenvalue weighted by Crippen LogP contribution is -2.53. The summed E-state index contributed by atoms with van der Waals surface area (Å²) in [7, 11) is 0. The Morgan fingerprint density at radius 2 is 1.84 bits per heavy atom. The van der Waals surface area contributed by atoms with Crippen molar-refractivity contribution in [1.29, 1.82) is 0 Å². The summed E-state index contributed by atoms with van der Waals surface area (Å²) in [6.45, 7) is 9.25. The highest BCUT2D eigenvalue weighted by molar-refractivity contribution is 5.85. The highest BCUT2D eigenvalue weighted by Gasteiger charge is 2.63. The van der Waals surface area contributed by atoms with E-state index in [0.29, 0.717) is 23.5 Å². The monoisotopic (exact) mass is 344 g/mol. The van der Waals surface area contributed by atoms with Gasteiger partial charge in [-0.25, -0.2) is 0 Å². The first kappa shape index (κ1) is 17.8. The van der Waals surface area contributed by atoms with Crippen molar-refractivity contribution in [3.05, 3.63) is 11.6 Å². The molecule has 1 N–H and O–H groups in total. The molecule has 7 atom stereocenters. The van der Waals surface area contributed by atoms with Gasteiger partial charge in [0.15, 0.2) is 0 Å². The van der Waals surface area contributed by atoms with Gasteiger partial charge in [0.25, 0.3) is 0 Å². The van der Waals surface area contributed by atoms with Crippen LogP contribution in [0.3, 0.4) is 0 Å². The maximum atomic E-state index is 12.8. The molecule has 0 aromatic heterocycles. The van der Waals surface area contributed by atoms with E-state index in [1.165, 1.54) is 25.7 Å². The van der Waals surface area contributed by atoms with Gasteiger partial charge < -0.3 is 5.11 Å². The molecule has 4 aliphatic rings. The first-order valence-electron chi connectivity index (χ1n) is 10.7. The molecule has 0 amide bonds. The minimum absolute atomic E-state index is 0.106. The molecule has 0 bridgehead atoms. The molecule has 3 saturated carbocycles. The second kappa shape index (κ2) is 5.68. The van der Waals surface area contributed by atoms with E-state index in [9.17, 15) is 9.90 Å². The van der Waals surface area contributed by atoms with Crippen LogP contribution < -0.4 is 0 Å². The normalized spacial score (nSPS) is 52.0. The van der Waals surface area contributed by atoms with Crippen molar-refractivity contribution in [2.24, 2.45) is 34.0 Å². The van der Waals surface area contributed by atoms with E-state index in [1.54, 1.807) is 5.57 Å². The number of hydrogen-bond donors (Lipinski definition) is 1. The summed E-state index contributed by atoms with van der Waals surface area (Å²) in [5, 5.41) is 10.1. The molecule has 140 valence electrons. The topological polar surface area (TPSA) is 37.3 Å². The van der Waals surface area contributed by atoms with Gasteiger partial charge in [-0.3, -0.25) is 4.79 Å². The van der Waals surface area contributed by atoms with Gasteiger partial charge in [0, 0.05) is 11.8 Å². The maximum Gasteiger partial charge on any atom is 0.139 e. The summed E-state index contributed by atoms with van der Waals surface area (Å²) in [6.07, 6.45) is 12.1. The lowest BCUT2D eigenvalue weighted by atomic mass is 9.45. The lowest BCUT2D eigenvalue weighted by Gasteiger charge is -2.59. The fraction of sp³-hybridized carbons (Fsp3) is 0.870. The number of carbonyl (C=O) groups is 1. The summed E-state index contributed by atoms with van der Waals surface area (Å²) in [5.41, 5.74) is 1.93. The van der Waals surface area contributed by atoms with Crippen LogP contribution in [-0.4, -0.2) is 17.0 Å². The number of hydrogen-bond acceptors (Lipinski definition) is 2. The van der Waals surface area contributed by atoms with Crippen LogP contribution in [0.5, 0.6) is 0 Å². The number of Topliss-reactive ketones (excluding diaryl/α,β-unsaturated/α-hetero) is 1. The van der Waals surface area contributed by atoms with Gasteiger partial charge in [-0.05, 0) is 80.0 Å². The van der Waals surface area contributed by atoms with Crippen LogP contribution in [0.4, 0.5) is 0 Å². The van der Waals surface area contributed by atoms with Gasteiger partial charge in [0.05, 0.1) is 6.10 Å². The fourth-order valence-electron chi connectivity index (χ4n) is 7.76. The van der Waals surface area contributed by atoms with E-state index < -0.39 is 0 Å². The molecular formula is C23H36O2. The Labute approximate surface area is 153 Å². The molecule has 25 heavy (non-hydrogen) atoms. The zero-order chi connectivity index (χ0) is 18.0. The molecule has 0 heterocycles. The van der Waals surface area contributed by atoms with Crippen LogP contribution in [0.25, 0.3) is 0 Å².